The van der Waals surface area contributed by atoms with Gasteiger partial charge in [-0.1, -0.05) is 18.2 Å². The van der Waals surface area contributed by atoms with Crippen molar-refractivity contribution in [1.82, 2.24) is 0 Å². The molecule has 0 amide bonds. The summed E-state index contributed by atoms with van der Waals surface area (Å²) < 4.78 is 59.3. The van der Waals surface area contributed by atoms with Gasteiger partial charge in [-0.3, -0.25) is 4.72 Å². The van der Waals surface area contributed by atoms with E-state index in [9.17, 15) is 17.2 Å². The Bertz CT molecular complexity index is 819. The monoisotopic (exact) mass is 327 g/mol. The van der Waals surface area contributed by atoms with Crippen LogP contribution in [0.1, 0.15) is 0 Å². The summed E-state index contributed by atoms with van der Waals surface area (Å²) >= 11 is 0. The third kappa shape index (κ3) is 3.11. The van der Waals surface area contributed by atoms with E-state index in [-0.39, 0.29) is 11.5 Å². The summed E-state index contributed by atoms with van der Waals surface area (Å²) in [5.41, 5.74) is 1.78. The van der Waals surface area contributed by atoms with E-state index in [1.54, 1.807) is 30.3 Å². The highest BCUT2D eigenvalue weighted by molar-refractivity contribution is 7.92. The number of halogens is 2. The normalized spacial score (nSPS) is 15.6. The van der Waals surface area contributed by atoms with Crippen LogP contribution in [0, 0.1) is 0 Å². The Morgan fingerprint density at radius 2 is 1.55 bits per heavy atom. The van der Waals surface area contributed by atoms with Gasteiger partial charge in [-0.2, -0.15) is 0 Å². The summed E-state index contributed by atoms with van der Waals surface area (Å²) in [6.45, 7) is 0. The Hall–Kier alpha value is -2.35. The Morgan fingerprint density at radius 3 is 2.18 bits per heavy atom. The number of alkyl halides is 2. The molecule has 0 fully saturated rings. The van der Waals surface area contributed by atoms with Gasteiger partial charge in [-0.15, -0.1) is 8.78 Å². The van der Waals surface area contributed by atoms with Crippen molar-refractivity contribution in [3.8, 4) is 22.6 Å². The van der Waals surface area contributed by atoms with Gasteiger partial charge < -0.3 is 9.47 Å². The zero-order chi connectivity index (χ0) is 16.0. The molecule has 1 aliphatic heterocycles. The third-order valence-corrected chi connectivity index (χ3v) is 3.53. The minimum absolute atomic E-state index is 0.0240. The second-order valence-corrected chi connectivity index (χ2v) is 6.53. The first-order valence-electron chi connectivity index (χ1n) is 6.20. The number of sulfonamides is 1. The second kappa shape index (κ2) is 4.84. The SMILES string of the molecule is CS(=O)(=O)Nc1ccc(-c2ccc3c(c2)OC(F)(F)O3)cc1. The summed E-state index contributed by atoms with van der Waals surface area (Å²) in [4.78, 5) is 0. The van der Waals surface area contributed by atoms with Gasteiger partial charge in [0.1, 0.15) is 0 Å². The molecule has 1 heterocycles. The summed E-state index contributed by atoms with van der Waals surface area (Å²) in [7, 11) is -3.35. The first-order valence-corrected chi connectivity index (χ1v) is 8.09. The minimum Gasteiger partial charge on any atom is -0.395 e. The summed E-state index contributed by atoms with van der Waals surface area (Å²) in [5.74, 6) is -0.0649. The fourth-order valence-electron chi connectivity index (χ4n) is 2.07. The molecule has 2 aromatic rings. The standard InChI is InChI=1S/C14H11F2NO4S/c1-22(18,19)17-11-5-2-9(3-6-11)10-4-7-12-13(8-10)21-14(15,16)20-12/h2-8,17H,1H3. The van der Waals surface area contributed by atoms with Crippen LogP contribution in [0.25, 0.3) is 11.1 Å². The van der Waals surface area contributed by atoms with Crippen molar-refractivity contribution in [2.45, 2.75) is 6.29 Å². The highest BCUT2D eigenvalue weighted by atomic mass is 32.2. The van der Waals surface area contributed by atoms with E-state index in [2.05, 4.69) is 14.2 Å². The van der Waals surface area contributed by atoms with E-state index in [1.807, 2.05) is 0 Å². The Kier molecular flexibility index (Phi) is 3.21. The van der Waals surface area contributed by atoms with Crippen molar-refractivity contribution in [2.24, 2.45) is 0 Å². The number of hydrogen-bond donors (Lipinski definition) is 1. The van der Waals surface area contributed by atoms with Gasteiger partial charge in [-0.05, 0) is 35.4 Å². The molecule has 0 saturated heterocycles. The molecule has 0 bridgehead atoms. The molecule has 3 rings (SSSR count). The van der Waals surface area contributed by atoms with E-state index in [4.69, 9.17) is 0 Å². The van der Waals surface area contributed by atoms with Gasteiger partial charge in [0.15, 0.2) is 11.5 Å². The van der Waals surface area contributed by atoms with Crippen molar-refractivity contribution in [3.63, 3.8) is 0 Å². The average Bonchev–Trinajstić information content (AvgIpc) is 2.70. The van der Waals surface area contributed by atoms with Gasteiger partial charge in [0.25, 0.3) is 0 Å². The molecule has 0 aliphatic carbocycles. The number of ether oxygens (including phenoxy) is 2. The molecule has 2 aromatic carbocycles. The van der Waals surface area contributed by atoms with Gasteiger partial charge in [0, 0.05) is 5.69 Å². The lowest BCUT2D eigenvalue weighted by Gasteiger charge is -2.06. The fraction of sp³-hybridized carbons (Fsp3) is 0.143. The maximum atomic E-state index is 13.0. The molecule has 0 spiro atoms. The molecule has 22 heavy (non-hydrogen) atoms. The van der Waals surface area contributed by atoms with Crippen LogP contribution >= 0.6 is 0 Å². The number of benzene rings is 2. The van der Waals surface area contributed by atoms with E-state index in [1.165, 1.54) is 12.1 Å². The van der Waals surface area contributed by atoms with Crippen LogP contribution < -0.4 is 14.2 Å². The zero-order valence-corrected chi connectivity index (χ0v) is 12.2. The van der Waals surface area contributed by atoms with Crippen molar-refractivity contribution >= 4 is 15.7 Å². The quantitative estimate of drug-likeness (QED) is 0.941. The number of anilines is 1. The predicted molar refractivity (Wildman–Crippen MR) is 76.5 cm³/mol. The predicted octanol–water partition coefficient (Wildman–Crippen LogP) is 3.05. The van der Waals surface area contributed by atoms with Crippen LogP contribution in [-0.4, -0.2) is 21.0 Å². The first kappa shape index (κ1) is 14.6. The van der Waals surface area contributed by atoms with Gasteiger partial charge in [0.05, 0.1) is 6.26 Å². The largest absolute Gasteiger partial charge is 0.586 e. The highest BCUT2D eigenvalue weighted by Crippen LogP contribution is 2.42. The maximum absolute atomic E-state index is 13.0. The van der Waals surface area contributed by atoms with Gasteiger partial charge >= 0.3 is 6.29 Å². The Morgan fingerprint density at radius 1 is 0.955 bits per heavy atom. The molecule has 1 aliphatic rings. The third-order valence-electron chi connectivity index (χ3n) is 2.92. The Balaban J connectivity index is 1.87. The lowest BCUT2D eigenvalue weighted by Crippen LogP contribution is -2.25. The first-order chi connectivity index (χ1) is 10.2. The number of hydrogen-bond acceptors (Lipinski definition) is 4. The van der Waals surface area contributed by atoms with Gasteiger partial charge in [-0.25, -0.2) is 8.42 Å². The molecule has 1 N–H and O–H groups in total. The van der Waals surface area contributed by atoms with Crippen LogP contribution in [0.4, 0.5) is 14.5 Å². The summed E-state index contributed by atoms with van der Waals surface area (Å²) in [5, 5.41) is 0. The smallest absolute Gasteiger partial charge is 0.395 e. The van der Waals surface area contributed by atoms with Crippen molar-refractivity contribution in [2.75, 3.05) is 11.0 Å². The van der Waals surface area contributed by atoms with Gasteiger partial charge in [0.2, 0.25) is 10.0 Å². The highest BCUT2D eigenvalue weighted by Gasteiger charge is 2.43. The lowest BCUT2D eigenvalue weighted by atomic mass is 10.0. The fourth-order valence-corrected chi connectivity index (χ4v) is 2.64. The van der Waals surface area contributed by atoms with E-state index >= 15 is 0 Å². The maximum Gasteiger partial charge on any atom is 0.586 e. The molecule has 0 unspecified atom stereocenters. The zero-order valence-electron chi connectivity index (χ0n) is 11.3. The van der Waals surface area contributed by atoms with Crippen molar-refractivity contribution < 1.29 is 26.7 Å². The van der Waals surface area contributed by atoms with Crippen LogP contribution in [-0.2, 0) is 10.0 Å². The molecule has 0 atom stereocenters. The molecular formula is C14H11F2NO4S. The molecular weight excluding hydrogens is 316 g/mol. The van der Waals surface area contributed by atoms with Crippen LogP contribution in [0.5, 0.6) is 11.5 Å². The average molecular weight is 327 g/mol. The van der Waals surface area contributed by atoms with E-state index in [0.29, 0.717) is 11.3 Å². The Labute approximate surface area is 125 Å². The minimum atomic E-state index is -3.65. The van der Waals surface area contributed by atoms with E-state index in [0.717, 1.165) is 11.8 Å². The summed E-state index contributed by atoms with van der Waals surface area (Å²) in [6.07, 6.45) is -2.59. The molecule has 0 saturated carbocycles. The van der Waals surface area contributed by atoms with Crippen molar-refractivity contribution in [3.05, 3.63) is 42.5 Å². The number of fused-ring (bicyclic) bond motifs is 1. The molecule has 8 heteroatoms. The molecule has 5 nitrogen and oxygen atoms in total. The topological polar surface area (TPSA) is 64.6 Å². The summed E-state index contributed by atoms with van der Waals surface area (Å²) in [6, 6.07) is 10.9. The lowest BCUT2D eigenvalue weighted by molar-refractivity contribution is -0.286. The van der Waals surface area contributed by atoms with Crippen LogP contribution in [0.15, 0.2) is 42.5 Å². The molecule has 116 valence electrons. The second-order valence-electron chi connectivity index (χ2n) is 4.78. The van der Waals surface area contributed by atoms with Crippen molar-refractivity contribution in [1.29, 1.82) is 0 Å². The van der Waals surface area contributed by atoms with Crippen LogP contribution in [0.3, 0.4) is 0 Å². The van der Waals surface area contributed by atoms with Crippen LogP contribution in [0.2, 0.25) is 0 Å². The number of rotatable bonds is 3. The molecule has 0 aromatic heterocycles. The number of nitrogens with one attached hydrogen (secondary N) is 1. The van der Waals surface area contributed by atoms with E-state index < -0.39 is 16.3 Å². The molecule has 0 radical (unpaired) electrons.